The summed E-state index contributed by atoms with van der Waals surface area (Å²) in [4.78, 5) is 19.6. The van der Waals surface area contributed by atoms with Gasteiger partial charge in [0.2, 0.25) is 0 Å². The monoisotopic (exact) mass is 294 g/mol. The zero-order chi connectivity index (χ0) is 15.3. The van der Waals surface area contributed by atoms with Crippen LogP contribution < -0.4 is 0 Å². The van der Waals surface area contributed by atoms with E-state index < -0.39 is 0 Å². The first kappa shape index (κ1) is 12.9. The van der Waals surface area contributed by atoms with Gasteiger partial charge < -0.3 is 4.57 Å². The normalized spacial score (nSPS) is 14.4. The number of imidazole rings is 1. The molecule has 1 saturated carbocycles. The molecule has 1 aliphatic rings. The Morgan fingerprint density at radius 1 is 1.27 bits per heavy atom. The van der Waals surface area contributed by atoms with Crippen molar-refractivity contribution >= 4 is 16.7 Å². The molecule has 4 rings (SSSR count). The van der Waals surface area contributed by atoms with Gasteiger partial charge in [0.05, 0.1) is 27.8 Å². The molecule has 3 aromatic rings. The molecule has 1 fully saturated rings. The largest absolute Gasteiger partial charge is 0.327 e. The molecule has 0 aliphatic heterocycles. The summed E-state index contributed by atoms with van der Waals surface area (Å²) in [5.41, 5.74) is 3.97. The summed E-state index contributed by atoms with van der Waals surface area (Å²) >= 11 is 0. The molecule has 0 spiro atoms. The Hall–Kier alpha value is -2.76. The van der Waals surface area contributed by atoms with Gasteiger partial charge in [0.1, 0.15) is 0 Å². The van der Waals surface area contributed by atoms with E-state index in [0.29, 0.717) is 17.1 Å². The van der Waals surface area contributed by atoms with E-state index in [1.165, 1.54) is 0 Å². The summed E-state index contributed by atoms with van der Waals surface area (Å²) in [6, 6.07) is 7.61. The van der Waals surface area contributed by atoms with Crippen LogP contribution in [0, 0.1) is 17.0 Å². The molecule has 110 valence electrons. The van der Waals surface area contributed by atoms with Crippen LogP contribution in [0.15, 0.2) is 36.8 Å². The smallest absolute Gasteiger partial charge is 0.279 e. The van der Waals surface area contributed by atoms with Gasteiger partial charge in [-0.2, -0.15) is 0 Å². The van der Waals surface area contributed by atoms with Crippen molar-refractivity contribution in [1.82, 2.24) is 14.5 Å². The van der Waals surface area contributed by atoms with Gasteiger partial charge in [0.15, 0.2) is 0 Å². The third-order valence-electron chi connectivity index (χ3n) is 4.04. The summed E-state index contributed by atoms with van der Waals surface area (Å²) in [7, 11) is 0. The Labute approximate surface area is 126 Å². The van der Waals surface area contributed by atoms with Crippen LogP contribution in [-0.2, 0) is 0 Å². The Bertz CT molecular complexity index is 896. The van der Waals surface area contributed by atoms with E-state index >= 15 is 0 Å². The van der Waals surface area contributed by atoms with Crippen LogP contribution in [0.5, 0.6) is 0 Å². The number of fused-ring (bicyclic) bond motifs is 1. The molecule has 2 aromatic heterocycles. The summed E-state index contributed by atoms with van der Waals surface area (Å²) < 4.78 is 2.12. The van der Waals surface area contributed by atoms with E-state index in [2.05, 4.69) is 14.5 Å². The topological polar surface area (TPSA) is 73.8 Å². The molecular weight excluding hydrogens is 280 g/mol. The number of nitro benzene ring substituents is 1. The number of hydrogen-bond acceptors (Lipinski definition) is 4. The average Bonchev–Trinajstić information content (AvgIpc) is 3.26. The highest BCUT2D eigenvalue weighted by Crippen LogP contribution is 2.40. The summed E-state index contributed by atoms with van der Waals surface area (Å²) in [5.74, 6) is 0. The molecule has 0 bridgehead atoms. The second-order valence-electron chi connectivity index (χ2n) is 5.68. The molecule has 0 N–H and O–H groups in total. The van der Waals surface area contributed by atoms with Gasteiger partial charge in [-0.25, -0.2) is 4.98 Å². The van der Waals surface area contributed by atoms with Crippen molar-refractivity contribution < 1.29 is 4.92 Å². The van der Waals surface area contributed by atoms with E-state index in [4.69, 9.17) is 0 Å². The van der Waals surface area contributed by atoms with Crippen molar-refractivity contribution in [3.8, 4) is 11.1 Å². The molecule has 2 heterocycles. The number of benzene rings is 1. The number of nitrogens with zero attached hydrogens (tertiary/aromatic N) is 4. The summed E-state index contributed by atoms with van der Waals surface area (Å²) in [6.45, 7) is 1.88. The van der Waals surface area contributed by atoms with Gasteiger partial charge in [0.25, 0.3) is 5.69 Å². The van der Waals surface area contributed by atoms with Crippen LogP contribution in [0.3, 0.4) is 0 Å². The molecule has 22 heavy (non-hydrogen) atoms. The second kappa shape index (κ2) is 4.62. The Balaban J connectivity index is 1.99. The SMILES string of the molecule is Cc1cc(-c2cc3c(cc2[N+](=O)[O-])ncn3C2CC2)ccn1. The van der Waals surface area contributed by atoms with E-state index in [-0.39, 0.29) is 10.6 Å². The van der Waals surface area contributed by atoms with E-state index in [1.807, 2.05) is 19.1 Å². The maximum absolute atomic E-state index is 11.4. The molecule has 0 atom stereocenters. The average molecular weight is 294 g/mol. The maximum Gasteiger partial charge on any atom is 0.279 e. The zero-order valence-electron chi connectivity index (χ0n) is 12.1. The molecule has 1 aliphatic carbocycles. The Kier molecular flexibility index (Phi) is 2.72. The van der Waals surface area contributed by atoms with E-state index in [1.54, 1.807) is 24.7 Å². The molecule has 0 unspecified atom stereocenters. The highest BCUT2D eigenvalue weighted by Gasteiger charge is 2.27. The lowest BCUT2D eigenvalue weighted by Crippen LogP contribution is -1.95. The summed E-state index contributed by atoms with van der Waals surface area (Å²) in [5, 5.41) is 11.4. The number of rotatable bonds is 3. The minimum absolute atomic E-state index is 0.0825. The lowest BCUT2D eigenvalue weighted by atomic mass is 10.0. The fourth-order valence-corrected chi connectivity index (χ4v) is 2.80. The number of aromatic nitrogens is 3. The number of hydrogen-bond donors (Lipinski definition) is 0. The molecule has 1 aromatic carbocycles. The van der Waals surface area contributed by atoms with Crippen LogP contribution in [0.4, 0.5) is 5.69 Å². The third-order valence-corrected chi connectivity index (χ3v) is 4.04. The van der Waals surface area contributed by atoms with Crippen molar-refractivity contribution in [2.24, 2.45) is 0 Å². The molecule has 0 amide bonds. The first-order valence-electron chi connectivity index (χ1n) is 7.21. The molecule has 0 radical (unpaired) electrons. The van der Waals surface area contributed by atoms with Gasteiger partial charge in [-0.3, -0.25) is 15.1 Å². The second-order valence-corrected chi connectivity index (χ2v) is 5.68. The van der Waals surface area contributed by atoms with Crippen LogP contribution >= 0.6 is 0 Å². The van der Waals surface area contributed by atoms with Gasteiger partial charge in [-0.05, 0) is 43.5 Å². The Morgan fingerprint density at radius 3 is 2.77 bits per heavy atom. The minimum atomic E-state index is -0.347. The van der Waals surface area contributed by atoms with E-state index in [0.717, 1.165) is 29.6 Å². The number of aryl methyl sites for hydroxylation is 1. The fraction of sp³-hybridized carbons (Fsp3) is 0.250. The standard InChI is InChI=1S/C16H14N4O2/c1-10-6-11(4-5-17-10)13-7-16-14(8-15(13)20(21)22)18-9-19(16)12-2-3-12/h4-9,12H,2-3H2,1H3. The Morgan fingerprint density at radius 2 is 2.09 bits per heavy atom. The lowest BCUT2D eigenvalue weighted by Gasteiger charge is -2.06. The van der Waals surface area contributed by atoms with Crippen molar-refractivity contribution in [2.75, 3.05) is 0 Å². The van der Waals surface area contributed by atoms with E-state index in [9.17, 15) is 10.1 Å². The van der Waals surface area contributed by atoms with Crippen LogP contribution in [-0.4, -0.2) is 19.5 Å². The molecule has 6 nitrogen and oxygen atoms in total. The quantitative estimate of drug-likeness (QED) is 0.546. The van der Waals surface area contributed by atoms with Crippen LogP contribution in [0.2, 0.25) is 0 Å². The van der Waals surface area contributed by atoms with Crippen molar-refractivity contribution in [3.05, 3.63) is 52.6 Å². The van der Waals surface area contributed by atoms with Crippen molar-refractivity contribution in [2.45, 2.75) is 25.8 Å². The fourth-order valence-electron chi connectivity index (χ4n) is 2.80. The third kappa shape index (κ3) is 2.04. The van der Waals surface area contributed by atoms with Gasteiger partial charge in [0, 0.05) is 24.0 Å². The molecule has 0 saturated heterocycles. The molecule has 6 heteroatoms. The van der Waals surface area contributed by atoms with Gasteiger partial charge >= 0.3 is 0 Å². The zero-order valence-corrected chi connectivity index (χ0v) is 12.1. The number of nitro groups is 1. The highest BCUT2D eigenvalue weighted by molar-refractivity contribution is 5.88. The summed E-state index contributed by atoms with van der Waals surface area (Å²) in [6.07, 6.45) is 5.75. The lowest BCUT2D eigenvalue weighted by molar-refractivity contribution is -0.384. The van der Waals surface area contributed by atoms with Crippen LogP contribution in [0.1, 0.15) is 24.6 Å². The number of pyridine rings is 1. The predicted molar refractivity (Wildman–Crippen MR) is 82.6 cm³/mol. The van der Waals surface area contributed by atoms with Gasteiger partial charge in [-0.15, -0.1) is 0 Å². The predicted octanol–water partition coefficient (Wildman–Crippen LogP) is 3.65. The maximum atomic E-state index is 11.4. The van der Waals surface area contributed by atoms with Crippen molar-refractivity contribution in [3.63, 3.8) is 0 Å². The van der Waals surface area contributed by atoms with Crippen LogP contribution in [0.25, 0.3) is 22.2 Å². The van der Waals surface area contributed by atoms with Crippen molar-refractivity contribution in [1.29, 1.82) is 0 Å². The minimum Gasteiger partial charge on any atom is -0.327 e. The first-order valence-corrected chi connectivity index (χ1v) is 7.21. The van der Waals surface area contributed by atoms with Gasteiger partial charge in [-0.1, -0.05) is 0 Å². The molecular formula is C16H14N4O2. The highest BCUT2D eigenvalue weighted by atomic mass is 16.6. The first-order chi connectivity index (χ1) is 10.6.